The van der Waals surface area contributed by atoms with Crippen LogP contribution in [0.4, 0.5) is 57.8 Å². The Balaban J connectivity index is 5.75. The van der Waals surface area contributed by atoms with Gasteiger partial charge in [0.05, 0.1) is 0 Å². The van der Waals surface area contributed by atoms with Crippen molar-refractivity contribution in [3.63, 3.8) is 0 Å². The number of hydrogen-bond donors (Lipinski definition) is 0. The molecule has 120 valence electrons. The number of carbonyl (C=O) groups is 1. The smallest absolute Gasteiger partial charge is 0.240 e. The van der Waals surface area contributed by atoms with Crippen LogP contribution in [0.15, 0.2) is 0 Å². The van der Waals surface area contributed by atoms with Crippen molar-refractivity contribution < 1.29 is 57.8 Å². The van der Waals surface area contributed by atoms with E-state index in [0.29, 0.717) is 0 Å². The highest BCUT2D eigenvalue weighted by atomic mass is 19.4. The Morgan fingerprint density at radius 3 is 1.30 bits per heavy atom. The minimum atomic E-state index is -7.56. The van der Waals surface area contributed by atoms with Gasteiger partial charge in [0.25, 0.3) is 0 Å². The number of amides is 2. The normalized spacial score (nSPS) is 14.2. The maximum atomic E-state index is 12.5. The maximum Gasteiger partial charge on any atom is 0.460 e. The van der Waals surface area contributed by atoms with Crippen molar-refractivity contribution in [2.75, 3.05) is 0 Å². The highest BCUT2D eigenvalue weighted by Gasteiger charge is 2.84. The molecule has 0 aliphatic heterocycles. The van der Waals surface area contributed by atoms with Gasteiger partial charge in [0.1, 0.15) is 0 Å². The first-order valence-corrected chi connectivity index (χ1v) is 3.83. The predicted molar refractivity (Wildman–Crippen MR) is 33.3 cm³/mol. The average Bonchev–Trinajstić information content (AvgIpc) is 2.24. The van der Waals surface area contributed by atoms with Gasteiger partial charge in [0.2, 0.25) is 0 Å². The summed E-state index contributed by atoms with van der Waals surface area (Å²) in [5.74, 6) is -15.1. The van der Waals surface area contributed by atoms with Crippen molar-refractivity contribution in [1.82, 2.24) is 10.5 Å². The van der Waals surface area contributed by atoms with E-state index in [4.69, 9.17) is 0 Å². The summed E-state index contributed by atoms with van der Waals surface area (Å²) in [6.45, 7) is 0. The van der Waals surface area contributed by atoms with E-state index in [2.05, 4.69) is 0 Å². The number of carbonyl (C=O) groups excluding carboxylic acids is 1. The molecule has 0 aromatic heterocycles. The minimum absolute atomic E-state index is 3.07. The summed E-state index contributed by atoms with van der Waals surface area (Å²) in [4.78, 5) is 9.90. The van der Waals surface area contributed by atoms with Crippen molar-refractivity contribution in [2.45, 2.75) is 24.1 Å². The topological polar surface area (TPSA) is 23.6 Å². The van der Waals surface area contributed by atoms with Gasteiger partial charge < -0.3 is 0 Å². The van der Waals surface area contributed by atoms with Crippen LogP contribution in [-0.4, -0.2) is 40.6 Å². The molecule has 0 atom stereocenters. The van der Waals surface area contributed by atoms with Gasteiger partial charge in [-0.15, -0.1) is 0 Å². The summed E-state index contributed by atoms with van der Waals surface area (Å²) >= 11 is 0. The minimum Gasteiger partial charge on any atom is -0.240 e. The molecule has 0 aromatic rings. The molecule has 20 heavy (non-hydrogen) atoms. The number of hydrogen-bond acceptors (Lipinski definition) is 1. The summed E-state index contributed by atoms with van der Waals surface area (Å²) in [6.07, 6.45) is -7.27. The lowest BCUT2D eigenvalue weighted by Gasteiger charge is -2.34. The van der Waals surface area contributed by atoms with Crippen LogP contribution in [-0.2, 0) is 0 Å². The molecule has 0 rings (SSSR count). The van der Waals surface area contributed by atoms with Crippen LogP contribution in [0.2, 0.25) is 0 Å². The summed E-state index contributed by atoms with van der Waals surface area (Å²) in [5, 5.41) is -6.51. The van der Waals surface area contributed by atoms with Crippen molar-refractivity contribution in [2.24, 2.45) is 0 Å². The van der Waals surface area contributed by atoms with E-state index in [1.54, 1.807) is 0 Å². The van der Waals surface area contributed by atoms with Gasteiger partial charge >= 0.3 is 30.1 Å². The second-order valence-corrected chi connectivity index (χ2v) is 2.98. The largest absolute Gasteiger partial charge is 0.460 e. The molecule has 0 radical (unpaired) electrons. The zero-order chi connectivity index (χ0) is 16.7. The molecule has 0 heterocycles. The van der Waals surface area contributed by atoms with Crippen LogP contribution < -0.4 is 0 Å². The Morgan fingerprint density at radius 2 is 1.05 bits per heavy atom. The van der Waals surface area contributed by atoms with E-state index in [1.165, 1.54) is 0 Å². The fourth-order valence-corrected chi connectivity index (χ4v) is 0.677. The van der Waals surface area contributed by atoms with Gasteiger partial charge in [-0.2, -0.15) is 39.5 Å². The highest BCUT2D eigenvalue weighted by molar-refractivity contribution is 5.71. The number of urea groups is 1. The summed E-state index contributed by atoms with van der Waals surface area (Å²) < 4.78 is 144. The molecule has 2 amide bonds. The van der Waals surface area contributed by atoms with E-state index in [-0.39, 0.29) is 0 Å². The van der Waals surface area contributed by atoms with Crippen molar-refractivity contribution >= 4 is 6.03 Å². The van der Waals surface area contributed by atoms with Crippen LogP contribution in [0.25, 0.3) is 0 Å². The maximum absolute atomic E-state index is 12.5. The van der Waals surface area contributed by atoms with E-state index >= 15 is 0 Å². The lowest BCUT2D eigenvalue weighted by molar-refractivity contribution is -0.428. The molecule has 0 aliphatic rings. The lowest BCUT2D eigenvalue weighted by atomic mass is 10.1. The SMILES string of the molecule is O=C(N(F)F)N(F)C(F)(F)C(F)(F)C(F)(F)C(F)(F)F. The fourth-order valence-electron chi connectivity index (χ4n) is 0.677. The third-order valence-electron chi connectivity index (χ3n) is 1.69. The van der Waals surface area contributed by atoms with Gasteiger partial charge in [-0.3, -0.25) is 0 Å². The number of alkyl halides is 9. The molecule has 0 aromatic carbocycles. The van der Waals surface area contributed by atoms with Crippen LogP contribution in [0, 0.1) is 0 Å². The molecule has 0 fully saturated rings. The first-order chi connectivity index (χ1) is 8.51. The van der Waals surface area contributed by atoms with Crippen LogP contribution in [0.1, 0.15) is 0 Å². The first-order valence-electron chi connectivity index (χ1n) is 3.83. The number of rotatable bonds is 3. The lowest BCUT2D eigenvalue weighted by Crippen LogP contribution is -2.66. The van der Waals surface area contributed by atoms with E-state index < -0.39 is 40.6 Å². The van der Waals surface area contributed by atoms with E-state index in [9.17, 15) is 57.8 Å². The van der Waals surface area contributed by atoms with Crippen molar-refractivity contribution in [3.05, 3.63) is 0 Å². The number of halogens is 12. The zero-order valence-corrected chi connectivity index (χ0v) is 8.34. The number of nitrogens with zero attached hydrogens (tertiary/aromatic N) is 2. The molecule has 0 N–H and O–H groups in total. The molecule has 0 bridgehead atoms. The molecule has 3 nitrogen and oxygen atoms in total. The summed E-state index contributed by atoms with van der Waals surface area (Å²) in [5.41, 5.74) is 0. The van der Waals surface area contributed by atoms with Gasteiger partial charge in [-0.25, -0.2) is 4.79 Å². The summed E-state index contributed by atoms with van der Waals surface area (Å²) in [7, 11) is 0. The van der Waals surface area contributed by atoms with E-state index in [1.807, 2.05) is 0 Å². The Morgan fingerprint density at radius 1 is 0.700 bits per heavy atom. The van der Waals surface area contributed by atoms with Crippen LogP contribution in [0.5, 0.6) is 0 Å². The third-order valence-corrected chi connectivity index (χ3v) is 1.69. The Labute approximate surface area is 99.7 Å². The standard InChI is InChI=1S/C5F12N2O/c6-2(7,4(10,11)12)3(8,9)5(13,14)18(15)1(20)19(16)17. The van der Waals surface area contributed by atoms with Crippen LogP contribution >= 0.6 is 0 Å². The second-order valence-electron chi connectivity index (χ2n) is 2.98. The van der Waals surface area contributed by atoms with Gasteiger partial charge in [-0.05, 0) is 0 Å². The third kappa shape index (κ3) is 2.52. The Bertz CT molecular complexity index is 375. The van der Waals surface area contributed by atoms with E-state index in [0.717, 1.165) is 0 Å². The van der Waals surface area contributed by atoms with Crippen LogP contribution in [0.3, 0.4) is 0 Å². The van der Waals surface area contributed by atoms with Crippen molar-refractivity contribution in [3.8, 4) is 0 Å². The molecule has 0 saturated heterocycles. The molecular formula is C5F12N2O. The molecule has 15 heteroatoms. The molecule has 0 spiro atoms. The highest BCUT2D eigenvalue weighted by Crippen LogP contribution is 2.54. The van der Waals surface area contributed by atoms with Gasteiger partial charge in [-0.1, -0.05) is 18.6 Å². The van der Waals surface area contributed by atoms with Crippen molar-refractivity contribution in [1.29, 1.82) is 0 Å². The second kappa shape index (κ2) is 4.76. The first kappa shape index (κ1) is 18.4. The summed E-state index contributed by atoms with van der Waals surface area (Å²) in [6, 6.07) is -11.1. The Hall–Kier alpha value is -1.57. The van der Waals surface area contributed by atoms with Gasteiger partial charge in [0, 0.05) is 5.34 Å². The molecule has 0 aliphatic carbocycles. The molecular weight excluding hydrogens is 332 g/mol. The molecule has 0 unspecified atom stereocenters. The zero-order valence-electron chi connectivity index (χ0n) is 8.34. The quantitative estimate of drug-likeness (QED) is 0.438. The molecule has 0 saturated carbocycles. The Kier molecular flexibility index (Phi) is 4.39. The monoisotopic (exact) mass is 332 g/mol. The fraction of sp³-hybridized carbons (Fsp3) is 0.800. The predicted octanol–water partition coefficient (Wildman–Crippen LogP) is 3.79. The van der Waals surface area contributed by atoms with Gasteiger partial charge in [0.15, 0.2) is 0 Å². The average molecular weight is 332 g/mol.